The summed E-state index contributed by atoms with van der Waals surface area (Å²) in [5.74, 6) is 0.407. The first-order valence-corrected chi connectivity index (χ1v) is 6.21. The largest absolute Gasteiger partial charge is 0.229 e. The van der Waals surface area contributed by atoms with Crippen LogP contribution in [-0.2, 0) is 10.0 Å². The van der Waals surface area contributed by atoms with Crippen LogP contribution in [0.4, 0.5) is 0 Å². The molecule has 0 amide bonds. The minimum absolute atomic E-state index is 0.147. The Labute approximate surface area is 75.4 Å². The number of sulfonamides is 1. The molecular weight excluding hydrogens is 174 g/mol. The van der Waals surface area contributed by atoms with Crippen LogP contribution in [-0.4, -0.2) is 14.2 Å². The predicted molar refractivity (Wildman–Crippen MR) is 51.3 cm³/mol. The third kappa shape index (κ3) is 6.61. The molecule has 74 valence electrons. The smallest absolute Gasteiger partial charge is 0.209 e. The molecule has 0 aromatic heterocycles. The highest BCUT2D eigenvalue weighted by Crippen LogP contribution is 2.14. The van der Waals surface area contributed by atoms with Crippen molar-refractivity contribution in [3.05, 3.63) is 0 Å². The minimum Gasteiger partial charge on any atom is -0.229 e. The molecule has 0 fully saturated rings. The minimum atomic E-state index is -3.27. The fraction of sp³-hybridized carbons (Fsp3) is 1.00. The van der Waals surface area contributed by atoms with Gasteiger partial charge in [0, 0.05) is 0 Å². The fourth-order valence-electron chi connectivity index (χ4n) is 1.46. The molecule has 0 aliphatic carbocycles. The molecule has 0 unspecified atom stereocenters. The molecule has 2 N–H and O–H groups in total. The Kier molecular flexibility index (Phi) is 5.50. The average Bonchev–Trinajstić information content (AvgIpc) is 1.84. The van der Waals surface area contributed by atoms with E-state index in [0.29, 0.717) is 0 Å². The summed E-state index contributed by atoms with van der Waals surface area (Å²) in [6.45, 7) is 4.12. The summed E-state index contributed by atoms with van der Waals surface area (Å²) < 4.78 is 21.5. The van der Waals surface area contributed by atoms with Crippen LogP contribution in [0.1, 0.15) is 39.5 Å². The second-order valence-corrected chi connectivity index (χ2v) is 4.93. The van der Waals surface area contributed by atoms with Crippen molar-refractivity contribution in [2.75, 3.05) is 5.75 Å². The van der Waals surface area contributed by atoms with Gasteiger partial charge in [-0.1, -0.05) is 26.7 Å². The number of nitrogens with two attached hydrogens (primary N) is 1. The highest BCUT2D eigenvalue weighted by molar-refractivity contribution is 7.89. The van der Waals surface area contributed by atoms with E-state index in [1.165, 1.54) is 0 Å². The van der Waals surface area contributed by atoms with Gasteiger partial charge in [-0.3, -0.25) is 0 Å². The van der Waals surface area contributed by atoms with Crippen molar-refractivity contribution < 1.29 is 8.42 Å². The van der Waals surface area contributed by atoms with Crippen molar-refractivity contribution in [2.45, 2.75) is 39.5 Å². The van der Waals surface area contributed by atoms with E-state index in [9.17, 15) is 8.42 Å². The zero-order chi connectivity index (χ0) is 9.61. The van der Waals surface area contributed by atoms with Gasteiger partial charge in [-0.15, -0.1) is 0 Å². The Bertz CT molecular complexity index is 193. The van der Waals surface area contributed by atoms with E-state index < -0.39 is 10.0 Å². The molecular formula is C8H19NO2S. The Morgan fingerprint density at radius 3 is 1.83 bits per heavy atom. The van der Waals surface area contributed by atoms with Crippen LogP contribution in [0, 0.1) is 5.92 Å². The normalized spacial score (nSPS) is 12.3. The van der Waals surface area contributed by atoms with Crippen LogP contribution in [0.3, 0.4) is 0 Å². The second kappa shape index (κ2) is 5.54. The molecule has 0 saturated heterocycles. The van der Waals surface area contributed by atoms with Gasteiger partial charge in [0.2, 0.25) is 10.0 Å². The molecule has 0 spiro atoms. The Hall–Kier alpha value is -0.0900. The number of primary sulfonamides is 1. The van der Waals surface area contributed by atoms with E-state index in [2.05, 4.69) is 13.8 Å². The van der Waals surface area contributed by atoms with Crippen LogP contribution in [0.25, 0.3) is 0 Å². The SMILES string of the molecule is CCCC(CCC)CS(N)(=O)=O. The van der Waals surface area contributed by atoms with Crippen LogP contribution < -0.4 is 5.14 Å². The number of hydrogen-bond donors (Lipinski definition) is 1. The molecule has 0 aromatic rings. The lowest BCUT2D eigenvalue weighted by molar-refractivity contribution is 0.474. The van der Waals surface area contributed by atoms with Gasteiger partial charge in [-0.25, -0.2) is 13.6 Å². The van der Waals surface area contributed by atoms with E-state index in [-0.39, 0.29) is 11.7 Å². The van der Waals surface area contributed by atoms with Gasteiger partial charge in [0.15, 0.2) is 0 Å². The van der Waals surface area contributed by atoms with Gasteiger partial charge in [-0.2, -0.15) is 0 Å². The van der Waals surface area contributed by atoms with Crippen molar-refractivity contribution in [2.24, 2.45) is 11.1 Å². The zero-order valence-corrected chi connectivity index (χ0v) is 8.73. The molecule has 0 atom stereocenters. The van der Waals surface area contributed by atoms with Crippen LogP contribution in [0.15, 0.2) is 0 Å². The summed E-state index contributed by atoms with van der Waals surface area (Å²) in [5, 5.41) is 4.97. The molecule has 0 saturated carbocycles. The summed E-state index contributed by atoms with van der Waals surface area (Å²) in [5.41, 5.74) is 0. The number of hydrogen-bond acceptors (Lipinski definition) is 2. The standard InChI is InChI=1S/C8H19NO2S/c1-3-5-8(6-4-2)7-12(9,10)11/h8H,3-7H2,1-2H3,(H2,9,10,11). The summed E-state index contributed by atoms with van der Waals surface area (Å²) in [7, 11) is -3.27. The lowest BCUT2D eigenvalue weighted by Gasteiger charge is -2.12. The van der Waals surface area contributed by atoms with Crippen molar-refractivity contribution >= 4 is 10.0 Å². The number of rotatable bonds is 6. The Morgan fingerprint density at radius 1 is 1.17 bits per heavy atom. The van der Waals surface area contributed by atoms with Crippen molar-refractivity contribution in [3.63, 3.8) is 0 Å². The van der Waals surface area contributed by atoms with Gasteiger partial charge in [-0.05, 0) is 18.8 Å². The zero-order valence-electron chi connectivity index (χ0n) is 7.91. The van der Waals surface area contributed by atoms with E-state index in [4.69, 9.17) is 5.14 Å². The highest BCUT2D eigenvalue weighted by atomic mass is 32.2. The monoisotopic (exact) mass is 193 g/mol. The van der Waals surface area contributed by atoms with Gasteiger partial charge in [0.05, 0.1) is 5.75 Å². The molecule has 0 aliphatic rings. The second-order valence-electron chi connectivity index (χ2n) is 3.27. The first kappa shape index (κ1) is 11.9. The molecule has 3 nitrogen and oxygen atoms in total. The quantitative estimate of drug-likeness (QED) is 0.694. The van der Waals surface area contributed by atoms with Crippen molar-refractivity contribution in [1.29, 1.82) is 0 Å². The van der Waals surface area contributed by atoms with Gasteiger partial charge in [0.1, 0.15) is 0 Å². The molecule has 0 bridgehead atoms. The van der Waals surface area contributed by atoms with Crippen molar-refractivity contribution in [3.8, 4) is 0 Å². The van der Waals surface area contributed by atoms with Gasteiger partial charge >= 0.3 is 0 Å². The maximum atomic E-state index is 10.8. The molecule has 0 rings (SSSR count). The summed E-state index contributed by atoms with van der Waals surface area (Å²) >= 11 is 0. The molecule has 0 aromatic carbocycles. The molecule has 0 radical (unpaired) electrons. The van der Waals surface area contributed by atoms with Gasteiger partial charge < -0.3 is 0 Å². The maximum absolute atomic E-state index is 10.8. The van der Waals surface area contributed by atoms with E-state index in [1.54, 1.807) is 0 Å². The van der Waals surface area contributed by atoms with Crippen LogP contribution in [0.5, 0.6) is 0 Å². The lowest BCUT2D eigenvalue weighted by Crippen LogP contribution is -2.22. The molecule has 4 heteroatoms. The van der Waals surface area contributed by atoms with Crippen LogP contribution >= 0.6 is 0 Å². The third-order valence-electron chi connectivity index (χ3n) is 1.86. The average molecular weight is 193 g/mol. The van der Waals surface area contributed by atoms with E-state index in [1.807, 2.05) is 0 Å². The highest BCUT2D eigenvalue weighted by Gasteiger charge is 2.13. The molecule has 0 heterocycles. The topological polar surface area (TPSA) is 60.2 Å². The van der Waals surface area contributed by atoms with E-state index in [0.717, 1.165) is 25.7 Å². The maximum Gasteiger partial charge on any atom is 0.209 e. The van der Waals surface area contributed by atoms with Gasteiger partial charge in [0.25, 0.3) is 0 Å². The summed E-state index contributed by atoms with van der Waals surface area (Å²) in [6.07, 6.45) is 3.98. The lowest BCUT2D eigenvalue weighted by atomic mass is 10.0. The molecule has 12 heavy (non-hydrogen) atoms. The summed E-state index contributed by atoms with van der Waals surface area (Å²) in [4.78, 5) is 0. The Balaban J connectivity index is 3.95. The third-order valence-corrected chi connectivity index (χ3v) is 2.80. The predicted octanol–water partition coefficient (Wildman–Crippen LogP) is 1.49. The first-order valence-electron chi connectivity index (χ1n) is 4.50. The summed E-state index contributed by atoms with van der Waals surface area (Å²) in [6, 6.07) is 0. The van der Waals surface area contributed by atoms with Crippen molar-refractivity contribution in [1.82, 2.24) is 0 Å². The molecule has 0 aliphatic heterocycles. The first-order chi connectivity index (χ1) is 5.49. The fourth-order valence-corrected chi connectivity index (χ4v) is 2.45. The Morgan fingerprint density at radius 2 is 1.58 bits per heavy atom. The van der Waals surface area contributed by atoms with Crippen LogP contribution in [0.2, 0.25) is 0 Å². The van der Waals surface area contributed by atoms with E-state index >= 15 is 0 Å².